The van der Waals surface area contributed by atoms with Gasteiger partial charge in [0.25, 0.3) is 0 Å². The third kappa shape index (κ3) is 4.36. The number of aromatic nitrogens is 2. The second-order valence-corrected chi connectivity index (χ2v) is 12.7. The van der Waals surface area contributed by atoms with E-state index < -0.39 is 0 Å². The van der Waals surface area contributed by atoms with Crippen LogP contribution in [0.5, 0.6) is 5.75 Å². The van der Waals surface area contributed by atoms with E-state index in [2.05, 4.69) is 115 Å². The third-order valence-corrected chi connectivity index (χ3v) is 9.11. The number of imidazole rings is 1. The summed E-state index contributed by atoms with van der Waals surface area (Å²) in [7, 11) is 0. The molecule has 6 nitrogen and oxygen atoms in total. The molecule has 0 aliphatic carbocycles. The summed E-state index contributed by atoms with van der Waals surface area (Å²) < 4.78 is 8.63. The molecule has 1 aliphatic heterocycles. The molecule has 0 bridgehead atoms. The van der Waals surface area contributed by atoms with Crippen LogP contribution in [0.15, 0.2) is 120 Å². The third-order valence-electron chi connectivity index (χ3n) is 9.11. The Balaban J connectivity index is 1.30. The Kier molecular flexibility index (Phi) is 6.60. The number of hydrogen-bond donors (Lipinski definition) is 1. The Bertz CT molecular complexity index is 2260. The molecule has 1 aliphatic rings. The van der Waals surface area contributed by atoms with Gasteiger partial charge in [-0.25, -0.2) is 4.98 Å². The van der Waals surface area contributed by atoms with Crippen LogP contribution in [0.2, 0.25) is 0 Å². The van der Waals surface area contributed by atoms with E-state index in [1.54, 1.807) is 6.07 Å². The lowest BCUT2D eigenvalue weighted by atomic mass is 9.92. The topological polar surface area (TPSA) is 57.7 Å². The number of para-hydroxylation sites is 5. The van der Waals surface area contributed by atoms with Crippen LogP contribution in [-0.2, 0) is 0 Å². The van der Waals surface area contributed by atoms with Gasteiger partial charge in [0.1, 0.15) is 22.7 Å². The van der Waals surface area contributed by atoms with Crippen molar-refractivity contribution in [3.05, 3.63) is 127 Å². The summed E-state index contributed by atoms with van der Waals surface area (Å²) >= 11 is 0. The summed E-state index contributed by atoms with van der Waals surface area (Å²) in [5.74, 6) is 1.52. The second-order valence-electron chi connectivity index (χ2n) is 12.7. The fourth-order valence-corrected chi connectivity index (χ4v) is 6.85. The highest BCUT2D eigenvalue weighted by Crippen LogP contribution is 2.42. The Labute approximate surface area is 268 Å². The van der Waals surface area contributed by atoms with Gasteiger partial charge in [-0.2, -0.15) is 0 Å². The summed E-state index contributed by atoms with van der Waals surface area (Å²) in [6, 6.07) is 35.0. The monoisotopic (exact) mass is 604 g/mol. The average molecular weight is 605 g/mol. The van der Waals surface area contributed by atoms with Gasteiger partial charge >= 0.3 is 0 Å². The van der Waals surface area contributed by atoms with Crippen molar-refractivity contribution < 1.29 is 9.52 Å². The normalized spacial score (nSPS) is 13.4. The molecule has 228 valence electrons. The zero-order chi connectivity index (χ0) is 31.5. The van der Waals surface area contributed by atoms with E-state index in [-0.39, 0.29) is 5.75 Å². The van der Waals surface area contributed by atoms with E-state index in [0.717, 1.165) is 55.9 Å². The number of aromatic hydroxyl groups is 1. The molecule has 8 rings (SSSR count). The van der Waals surface area contributed by atoms with Crippen LogP contribution < -0.4 is 9.80 Å². The number of benzene rings is 5. The number of anilines is 2. The highest BCUT2D eigenvalue weighted by Gasteiger charge is 2.27. The van der Waals surface area contributed by atoms with E-state index in [9.17, 15) is 5.11 Å². The molecule has 0 unspecified atom stereocenters. The number of fused-ring (bicyclic) bond motifs is 4. The minimum atomic E-state index is 0.208. The first-order valence-corrected chi connectivity index (χ1v) is 16.0. The molecule has 0 atom stereocenters. The standard InChI is InChI=1S/C40H36N4O2/c1-25(2)27-14-9-15-28(26(3)4)38(27)44-33-18-11-17-32(37(33)41-40(44)31-13-5-7-20-35(31)45)42-22-23-43(24-42)34-19-10-16-30-29-12-6-8-21-36(29)46-39(30)34/h5-23,25-26,45H,24H2,1-4H3. The van der Waals surface area contributed by atoms with Gasteiger partial charge < -0.3 is 19.3 Å². The van der Waals surface area contributed by atoms with Gasteiger partial charge in [-0.05, 0) is 59.4 Å². The molecule has 7 aromatic rings. The van der Waals surface area contributed by atoms with Crippen LogP contribution in [0.3, 0.4) is 0 Å². The quantitative estimate of drug-likeness (QED) is 0.205. The Morgan fingerprint density at radius 3 is 2.07 bits per heavy atom. The first-order chi connectivity index (χ1) is 22.4. The molecular weight excluding hydrogens is 568 g/mol. The number of phenolic OH excluding ortho intramolecular Hbond substituents is 1. The van der Waals surface area contributed by atoms with Gasteiger partial charge in [0.05, 0.1) is 34.8 Å². The van der Waals surface area contributed by atoms with E-state index in [1.807, 2.05) is 36.4 Å². The molecule has 3 heterocycles. The summed E-state index contributed by atoms with van der Waals surface area (Å²) in [5.41, 5.74) is 10.0. The number of hydrogen-bond acceptors (Lipinski definition) is 5. The SMILES string of the molecule is CC(C)c1cccc(C(C)C)c1-n1c(-c2ccccc2O)nc2c(N3C=CN(c4cccc5c4oc4ccccc45)C3)cccc21. The van der Waals surface area contributed by atoms with Crippen LogP contribution in [0.4, 0.5) is 11.4 Å². The van der Waals surface area contributed by atoms with Crippen molar-refractivity contribution in [3.63, 3.8) is 0 Å². The van der Waals surface area contributed by atoms with Crippen molar-refractivity contribution in [2.75, 3.05) is 16.5 Å². The van der Waals surface area contributed by atoms with Gasteiger partial charge in [0.2, 0.25) is 0 Å². The average Bonchev–Trinajstić information content (AvgIpc) is 3.80. The maximum Gasteiger partial charge on any atom is 0.159 e. The van der Waals surface area contributed by atoms with Crippen molar-refractivity contribution in [2.24, 2.45) is 0 Å². The molecule has 0 saturated carbocycles. The molecule has 6 heteroatoms. The molecule has 0 radical (unpaired) electrons. The lowest BCUT2D eigenvalue weighted by Gasteiger charge is -2.23. The van der Waals surface area contributed by atoms with Gasteiger partial charge in [0, 0.05) is 23.2 Å². The fourth-order valence-electron chi connectivity index (χ4n) is 6.85. The van der Waals surface area contributed by atoms with Crippen molar-refractivity contribution in [1.82, 2.24) is 9.55 Å². The zero-order valence-electron chi connectivity index (χ0n) is 26.5. The van der Waals surface area contributed by atoms with E-state index in [1.165, 1.54) is 11.1 Å². The smallest absolute Gasteiger partial charge is 0.159 e. The largest absolute Gasteiger partial charge is 0.507 e. The zero-order valence-corrected chi connectivity index (χ0v) is 26.5. The van der Waals surface area contributed by atoms with Crippen molar-refractivity contribution in [1.29, 1.82) is 0 Å². The van der Waals surface area contributed by atoms with E-state index >= 15 is 0 Å². The summed E-state index contributed by atoms with van der Waals surface area (Å²) in [6.45, 7) is 9.55. The Hall–Kier alpha value is -5.49. The van der Waals surface area contributed by atoms with Crippen LogP contribution in [0, 0.1) is 0 Å². The maximum absolute atomic E-state index is 11.1. The molecule has 1 N–H and O–H groups in total. The van der Waals surface area contributed by atoms with Crippen LogP contribution >= 0.6 is 0 Å². The summed E-state index contributed by atoms with van der Waals surface area (Å²) in [4.78, 5) is 9.78. The summed E-state index contributed by atoms with van der Waals surface area (Å²) in [5, 5.41) is 13.3. The number of furan rings is 1. The molecule has 0 fully saturated rings. The fraction of sp³-hybridized carbons (Fsp3) is 0.175. The van der Waals surface area contributed by atoms with Crippen LogP contribution in [0.1, 0.15) is 50.7 Å². The van der Waals surface area contributed by atoms with Crippen molar-refractivity contribution in [3.8, 4) is 22.8 Å². The first kappa shape index (κ1) is 28.0. The van der Waals surface area contributed by atoms with Crippen LogP contribution in [0.25, 0.3) is 50.0 Å². The predicted octanol–water partition coefficient (Wildman–Crippen LogP) is 10.3. The van der Waals surface area contributed by atoms with Gasteiger partial charge in [-0.1, -0.05) is 94.4 Å². The highest BCUT2D eigenvalue weighted by molar-refractivity contribution is 6.09. The molecule has 0 amide bonds. The van der Waals surface area contributed by atoms with Crippen molar-refractivity contribution >= 4 is 44.3 Å². The number of nitrogens with zero attached hydrogens (tertiary/aromatic N) is 4. The lowest BCUT2D eigenvalue weighted by Crippen LogP contribution is -2.24. The Morgan fingerprint density at radius 1 is 0.674 bits per heavy atom. The highest BCUT2D eigenvalue weighted by atomic mass is 16.3. The molecule has 46 heavy (non-hydrogen) atoms. The number of phenols is 1. The van der Waals surface area contributed by atoms with E-state index in [0.29, 0.717) is 24.1 Å². The molecule has 0 saturated heterocycles. The first-order valence-electron chi connectivity index (χ1n) is 16.0. The lowest BCUT2D eigenvalue weighted by molar-refractivity contribution is 0.477. The minimum Gasteiger partial charge on any atom is -0.507 e. The van der Waals surface area contributed by atoms with Gasteiger partial charge in [-0.15, -0.1) is 0 Å². The molecular formula is C40H36N4O2. The summed E-state index contributed by atoms with van der Waals surface area (Å²) in [6.07, 6.45) is 4.21. The number of rotatable bonds is 6. The second kappa shape index (κ2) is 10.8. The Morgan fingerprint density at radius 2 is 1.30 bits per heavy atom. The van der Waals surface area contributed by atoms with Gasteiger partial charge in [0.15, 0.2) is 5.58 Å². The molecule has 0 spiro atoms. The predicted molar refractivity (Wildman–Crippen MR) is 189 cm³/mol. The van der Waals surface area contributed by atoms with E-state index in [4.69, 9.17) is 9.40 Å². The van der Waals surface area contributed by atoms with Crippen molar-refractivity contribution in [2.45, 2.75) is 39.5 Å². The molecule has 2 aromatic heterocycles. The maximum atomic E-state index is 11.1. The molecule has 5 aromatic carbocycles. The van der Waals surface area contributed by atoms with Crippen LogP contribution in [-0.4, -0.2) is 21.3 Å². The minimum absolute atomic E-state index is 0.208. The van der Waals surface area contributed by atoms with Gasteiger partial charge in [-0.3, -0.25) is 4.57 Å².